The molecule has 1 N–H and O–H groups in total. The van der Waals surface area contributed by atoms with Gasteiger partial charge in [0.2, 0.25) is 0 Å². The molecule has 0 atom stereocenters. The molecule has 0 aliphatic heterocycles. The van der Waals surface area contributed by atoms with E-state index >= 15 is 0 Å². The molecular formula is C19H16ClNO5. The van der Waals surface area contributed by atoms with Crippen molar-refractivity contribution < 1.29 is 23.9 Å². The van der Waals surface area contributed by atoms with E-state index in [2.05, 4.69) is 10.1 Å². The van der Waals surface area contributed by atoms with E-state index in [4.69, 9.17) is 16.3 Å². The second-order valence-electron chi connectivity index (χ2n) is 5.08. The molecule has 0 saturated heterocycles. The van der Waals surface area contributed by atoms with E-state index in [0.29, 0.717) is 21.8 Å². The lowest BCUT2D eigenvalue weighted by Gasteiger charge is -2.06. The van der Waals surface area contributed by atoms with Crippen LogP contribution in [0.5, 0.6) is 0 Å². The van der Waals surface area contributed by atoms with Gasteiger partial charge in [0.05, 0.1) is 23.4 Å². The number of benzene rings is 2. The van der Waals surface area contributed by atoms with Crippen LogP contribution in [0, 0.1) is 0 Å². The Balaban J connectivity index is 1.82. The number of para-hydroxylation sites is 1. The van der Waals surface area contributed by atoms with Crippen LogP contribution in [0.15, 0.2) is 54.6 Å². The third-order valence-corrected chi connectivity index (χ3v) is 3.57. The number of carbonyl (C=O) groups excluding carboxylic acids is 3. The summed E-state index contributed by atoms with van der Waals surface area (Å²) in [5.74, 6) is -1.61. The van der Waals surface area contributed by atoms with Gasteiger partial charge in [-0.3, -0.25) is 4.79 Å². The maximum absolute atomic E-state index is 11.8. The molecule has 0 saturated carbocycles. The number of halogens is 1. The number of amides is 1. The van der Waals surface area contributed by atoms with Gasteiger partial charge in [-0.25, -0.2) is 9.59 Å². The Labute approximate surface area is 155 Å². The van der Waals surface area contributed by atoms with E-state index in [1.54, 1.807) is 48.5 Å². The molecule has 1 amide bonds. The first-order valence-corrected chi connectivity index (χ1v) is 7.95. The molecule has 0 fully saturated rings. The molecule has 2 rings (SSSR count). The highest BCUT2D eigenvalue weighted by Crippen LogP contribution is 2.20. The molecule has 0 aromatic heterocycles. The van der Waals surface area contributed by atoms with Crippen molar-refractivity contribution in [1.82, 2.24) is 0 Å². The Morgan fingerprint density at radius 1 is 1.08 bits per heavy atom. The smallest absolute Gasteiger partial charge is 0.337 e. The number of anilines is 1. The van der Waals surface area contributed by atoms with Crippen molar-refractivity contribution >= 4 is 41.2 Å². The molecule has 2 aromatic rings. The second-order valence-corrected chi connectivity index (χ2v) is 5.49. The SMILES string of the molecule is COC(=O)c1ccc(/C=C/C(=O)OCC(=O)Nc2ccccc2Cl)cc1. The van der Waals surface area contributed by atoms with Crippen molar-refractivity contribution in [2.75, 3.05) is 19.0 Å². The number of rotatable bonds is 6. The van der Waals surface area contributed by atoms with Crippen LogP contribution in [0.2, 0.25) is 5.02 Å². The Bertz CT molecular complexity index is 830. The monoisotopic (exact) mass is 373 g/mol. The van der Waals surface area contributed by atoms with Gasteiger partial charge in [-0.2, -0.15) is 0 Å². The van der Waals surface area contributed by atoms with Gasteiger partial charge in [-0.1, -0.05) is 35.9 Å². The fourth-order valence-corrected chi connectivity index (χ4v) is 2.13. The number of ether oxygens (including phenoxy) is 2. The van der Waals surface area contributed by atoms with Gasteiger partial charge in [0.25, 0.3) is 5.91 Å². The van der Waals surface area contributed by atoms with Crippen molar-refractivity contribution in [3.8, 4) is 0 Å². The quantitative estimate of drug-likeness (QED) is 0.620. The highest BCUT2D eigenvalue weighted by atomic mass is 35.5. The summed E-state index contributed by atoms with van der Waals surface area (Å²) in [4.78, 5) is 34.8. The van der Waals surface area contributed by atoms with Crippen molar-refractivity contribution in [1.29, 1.82) is 0 Å². The average molecular weight is 374 g/mol. The molecule has 26 heavy (non-hydrogen) atoms. The lowest BCUT2D eigenvalue weighted by Crippen LogP contribution is -2.20. The van der Waals surface area contributed by atoms with Crippen LogP contribution in [-0.2, 0) is 19.1 Å². The van der Waals surface area contributed by atoms with Crippen molar-refractivity contribution in [2.45, 2.75) is 0 Å². The Morgan fingerprint density at radius 2 is 1.77 bits per heavy atom. The summed E-state index contributed by atoms with van der Waals surface area (Å²) in [5, 5.41) is 2.94. The van der Waals surface area contributed by atoms with Gasteiger partial charge in [-0.05, 0) is 35.9 Å². The zero-order valence-electron chi connectivity index (χ0n) is 13.9. The van der Waals surface area contributed by atoms with E-state index in [0.717, 1.165) is 0 Å². The number of methoxy groups -OCH3 is 1. The van der Waals surface area contributed by atoms with Crippen LogP contribution in [0.25, 0.3) is 6.08 Å². The first-order valence-electron chi connectivity index (χ1n) is 7.57. The van der Waals surface area contributed by atoms with E-state index in [-0.39, 0.29) is 0 Å². The topological polar surface area (TPSA) is 81.7 Å². The van der Waals surface area contributed by atoms with E-state index in [1.807, 2.05) is 0 Å². The van der Waals surface area contributed by atoms with Gasteiger partial charge >= 0.3 is 11.9 Å². The maximum atomic E-state index is 11.8. The minimum Gasteiger partial charge on any atom is -0.465 e. The first-order chi connectivity index (χ1) is 12.5. The normalized spacial score (nSPS) is 10.4. The van der Waals surface area contributed by atoms with Gasteiger partial charge in [0.15, 0.2) is 6.61 Å². The van der Waals surface area contributed by atoms with Gasteiger partial charge in [-0.15, -0.1) is 0 Å². The summed E-state index contributed by atoms with van der Waals surface area (Å²) < 4.78 is 9.46. The lowest BCUT2D eigenvalue weighted by molar-refractivity contribution is -0.142. The van der Waals surface area contributed by atoms with Crippen molar-refractivity contribution in [3.05, 3.63) is 70.8 Å². The highest BCUT2D eigenvalue weighted by molar-refractivity contribution is 6.33. The minimum atomic E-state index is -0.670. The average Bonchev–Trinajstić information content (AvgIpc) is 2.66. The highest BCUT2D eigenvalue weighted by Gasteiger charge is 2.08. The number of hydrogen-bond donors (Lipinski definition) is 1. The molecule has 0 spiro atoms. The van der Waals surface area contributed by atoms with Crippen LogP contribution < -0.4 is 5.32 Å². The molecule has 0 aliphatic carbocycles. The summed E-state index contributed by atoms with van der Waals surface area (Å²) in [7, 11) is 1.30. The summed E-state index contributed by atoms with van der Waals surface area (Å²) in [6, 6.07) is 13.2. The fourth-order valence-electron chi connectivity index (χ4n) is 1.95. The van der Waals surface area contributed by atoms with Crippen LogP contribution in [0.3, 0.4) is 0 Å². The summed E-state index contributed by atoms with van der Waals surface area (Å²) in [6.45, 7) is -0.435. The number of nitrogens with one attached hydrogen (secondary N) is 1. The molecule has 0 unspecified atom stereocenters. The zero-order valence-corrected chi connectivity index (χ0v) is 14.7. The molecule has 0 aliphatic rings. The molecule has 0 radical (unpaired) electrons. The molecule has 6 nitrogen and oxygen atoms in total. The van der Waals surface area contributed by atoms with Crippen LogP contribution in [0.1, 0.15) is 15.9 Å². The van der Waals surface area contributed by atoms with E-state index in [9.17, 15) is 14.4 Å². The van der Waals surface area contributed by atoms with Crippen molar-refractivity contribution in [3.63, 3.8) is 0 Å². The van der Waals surface area contributed by atoms with E-state index < -0.39 is 24.5 Å². The van der Waals surface area contributed by atoms with Crippen LogP contribution >= 0.6 is 11.6 Å². The van der Waals surface area contributed by atoms with Gasteiger partial charge in [0.1, 0.15) is 0 Å². The lowest BCUT2D eigenvalue weighted by atomic mass is 10.1. The fraction of sp³-hybridized carbons (Fsp3) is 0.105. The molecule has 0 bridgehead atoms. The molecular weight excluding hydrogens is 358 g/mol. The van der Waals surface area contributed by atoms with Gasteiger partial charge in [0, 0.05) is 6.08 Å². The Hall–Kier alpha value is -3.12. The van der Waals surface area contributed by atoms with Crippen LogP contribution in [0.4, 0.5) is 5.69 Å². The predicted molar refractivity (Wildman–Crippen MR) is 97.9 cm³/mol. The number of carbonyl (C=O) groups is 3. The summed E-state index contributed by atoms with van der Waals surface area (Å²) in [5.41, 5.74) is 1.54. The minimum absolute atomic E-state index is 0.391. The van der Waals surface area contributed by atoms with Crippen molar-refractivity contribution in [2.24, 2.45) is 0 Å². The second kappa shape index (κ2) is 9.39. The largest absolute Gasteiger partial charge is 0.465 e. The first kappa shape index (κ1) is 19.2. The summed E-state index contributed by atoms with van der Waals surface area (Å²) >= 11 is 5.93. The Kier molecular flexibility index (Phi) is 6.93. The van der Waals surface area contributed by atoms with E-state index in [1.165, 1.54) is 19.3 Å². The third kappa shape index (κ3) is 5.75. The standard InChI is InChI=1S/C19H16ClNO5/c1-25-19(24)14-9-6-13(7-10-14)8-11-18(23)26-12-17(22)21-16-5-3-2-4-15(16)20/h2-11H,12H2,1H3,(H,21,22)/b11-8+. The Morgan fingerprint density at radius 3 is 2.42 bits per heavy atom. The van der Waals surface area contributed by atoms with Gasteiger partial charge < -0.3 is 14.8 Å². The molecule has 2 aromatic carbocycles. The third-order valence-electron chi connectivity index (χ3n) is 3.24. The summed E-state index contributed by atoms with van der Waals surface area (Å²) in [6.07, 6.45) is 2.70. The zero-order chi connectivity index (χ0) is 18.9. The van der Waals surface area contributed by atoms with Crippen LogP contribution in [-0.4, -0.2) is 31.6 Å². The number of hydrogen-bond acceptors (Lipinski definition) is 5. The molecule has 134 valence electrons. The molecule has 0 heterocycles. The predicted octanol–water partition coefficient (Wildman–Crippen LogP) is 3.32. The molecule has 7 heteroatoms. The number of esters is 2. The maximum Gasteiger partial charge on any atom is 0.337 e.